The fourth-order valence-corrected chi connectivity index (χ4v) is 3.37. The number of para-hydroxylation sites is 1. The van der Waals surface area contributed by atoms with Gasteiger partial charge in [-0.3, -0.25) is 4.79 Å². The van der Waals surface area contributed by atoms with E-state index < -0.39 is 0 Å². The van der Waals surface area contributed by atoms with Crippen molar-refractivity contribution in [3.63, 3.8) is 0 Å². The molecule has 1 N–H and O–H groups in total. The van der Waals surface area contributed by atoms with E-state index in [1.54, 1.807) is 11.8 Å². The Kier molecular flexibility index (Phi) is 7.25. The molecule has 6 heteroatoms. The highest BCUT2D eigenvalue weighted by atomic mass is 79.9. The van der Waals surface area contributed by atoms with Crippen molar-refractivity contribution in [1.29, 1.82) is 0 Å². The number of carbonyl (C=O) groups is 1. The lowest BCUT2D eigenvalue weighted by molar-refractivity contribution is 0.0947. The van der Waals surface area contributed by atoms with Gasteiger partial charge in [-0.1, -0.05) is 64.5 Å². The standard InChI is InChI=1S/C24H24BrN3O2/c1-4-9-18(5-2)22-21(23(29)26-16-17-12-14-19(25)15-13-17)24(30-3)28(27-22)20-10-7-6-8-11-20/h4-15H,16H2,1-3H3,(H,26,29)/b9-4-,18-5+. The topological polar surface area (TPSA) is 56.2 Å². The van der Waals surface area contributed by atoms with Gasteiger partial charge in [0.1, 0.15) is 11.3 Å². The number of benzene rings is 2. The SMILES string of the molecule is C/C=C\C(=C/C)c1nn(-c2ccccc2)c(OC)c1C(=O)NCc1ccc(Br)cc1. The normalized spacial score (nSPS) is 11.7. The van der Waals surface area contributed by atoms with E-state index in [4.69, 9.17) is 9.84 Å². The number of amides is 1. The number of hydrogen-bond acceptors (Lipinski definition) is 3. The third kappa shape index (κ3) is 4.71. The minimum atomic E-state index is -0.240. The van der Waals surface area contributed by atoms with Crippen LogP contribution in [0, 0.1) is 0 Å². The molecule has 30 heavy (non-hydrogen) atoms. The molecule has 1 heterocycles. The average Bonchev–Trinajstić information content (AvgIpc) is 3.17. The summed E-state index contributed by atoms with van der Waals surface area (Å²) >= 11 is 3.43. The maximum absolute atomic E-state index is 13.2. The summed E-state index contributed by atoms with van der Waals surface area (Å²) in [5.41, 5.74) is 3.65. The molecule has 154 valence electrons. The van der Waals surface area contributed by atoms with Crippen LogP contribution in [0.3, 0.4) is 0 Å². The van der Waals surface area contributed by atoms with Crippen molar-refractivity contribution in [2.24, 2.45) is 0 Å². The van der Waals surface area contributed by atoms with Crippen LogP contribution in [0.4, 0.5) is 0 Å². The molecular formula is C24H24BrN3O2. The third-order valence-corrected chi connectivity index (χ3v) is 5.09. The molecule has 5 nitrogen and oxygen atoms in total. The van der Waals surface area contributed by atoms with Gasteiger partial charge in [-0.05, 0) is 49.2 Å². The second kappa shape index (κ2) is 10.1. The lowest BCUT2D eigenvalue weighted by Crippen LogP contribution is -2.24. The molecule has 0 atom stereocenters. The first-order valence-corrected chi connectivity index (χ1v) is 10.4. The number of allylic oxidation sites excluding steroid dienone is 4. The lowest BCUT2D eigenvalue weighted by atomic mass is 10.1. The monoisotopic (exact) mass is 465 g/mol. The molecule has 0 aliphatic carbocycles. The first-order chi connectivity index (χ1) is 14.6. The average molecular weight is 466 g/mol. The third-order valence-electron chi connectivity index (χ3n) is 4.56. The van der Waals surface area contributed by atoms with Crippen LogP contribution in [0.2, 0.25) is 0 Å². The van der Waals surface area contributed by atoms with Crippen molar-refractivity contribution in [1.82, 2.24) is 15.1 Å². The second-order valence-corrected chi connectivity index (χ2v) is 7.45. The molecule has 0 fully saturated rings. The van der Waals surface area contributed by atoms with Crippen LogP contribution in [0.1, 0.15) is 35.5 Å². The number of carbonyl (C=O) groups excluding carboxylic acids is 1. The van der Waals surface area contributed by atoms with Gasteiger partial charge in [0, 0.05) is 11.0 Å². The lowest BCUT2D eigenvalue weighted by Gasteiger charge is -2.09. The molecule has 0 aliphatic heterocycles. The van der Waals surface area contributed by atoms with E-state index >= 15 is 0 Å². The molecule has 1 amide bonds. The Morgan fingerprint density at radius 2 is 1.83 bits per heavy atom. The van der Waals surface area contributed by atoms with Crippen molar-refractivity contribution in [2.75, 3.05) is 7.11 Å². The van der Waals surface area contributed by atoms with Crippen LogP contribution in [0.25, 0.3) is 11.3 Å². The van der Waals surface area contributed by atoms with E-state index in [2.05, 4.69) is 21.2 Å². The fraction of sp³-hybridized carbons (Fsp3) is 0.167. The van der Waals surface area contributed by atoms with Gasteiger partial charge in [0.05, 0.1) is 12.8 Å². The summed E-state index contributed by atoms with van der Waals surface area (Å²) in [6.45, 7) is 4.26. The number of nitrogens with one attached hydrogen (secondary N) is 1. The smallest absolute Gasteiger partial charge is 0.259 e. The highest BCUT2D eigenvalue weighted by Gasteiger charge is 2.26. The summed E-state index contributed by atoms with van der Waals surface area (Å²) in [5.74, 6) is 0.157. The molecular weight excluding hydrogens is 442 g/mol. The summed E-state index contributed by atoms with van der Waals surface area (Å²) in [6, 6.07) is 17.5. The van der Waals surface area contributed by atoms with Gasteiger partial charge >= 0.3 is 0 Å². The van der Waals surface area contributed by atoms with Crippen molar-refractivity contribution in [3.05, 3.63) is 94.1 Å². The molecule has 0 bridgehead atoms. The van der Waals surface area contributed by atoms with E-state index in [9.17, 15) is 4.79 Å². The quantitative estimate of drug-likeness (QED) is 0.465. The van der Waals surface area contributed by atoms with E-state index in [-0.39, 0.29) is 5.91 Å². The minimum absolute atomic E-state index is 0.240. The number of rotatable bonds is 7. The molecule has 0 unspecified atom stereocenters. The predicted octanol–water partition coefficient (Wildman–Crippen LogP) is 5.55. The highest BCUT2D eigenvalue weighted by molar-refractivity contribution is 9.10. The molecule has 0 radical (unpaired) electrons. The summed E-state index contributed by atoms with van der Waals surface area (Å²) in [5, 5.41) is 7.73. The van der Waals surface area contributed by atoms with Crippen LogP contribution in [0.15, 0.2) is 77.3 Å². The Morgan fingerprint density at radius 3 is 2.43 bits per heavy atom. The molecule has 0 spiro atoms. The van der Waals surface area contributed by atoms with E-state index in [0.717, 1.165) is 21.3 Å². The van der Waals surface area contributed by atoms with Gasteiger partial charge in [0.2, 0.25) is 5.88 Å². The Hall–Kier alpha value is -3.12. The highest BCUT2D eigenvalue weighted by Crippen LogP contribution is 2.31. The molecule has 2 aromatic carbocycles. The first kappa shape index (κ1) is 21.6. The van der Waals surface area contributed by atoms with Gasteiger partial charge in [0.25, 0.3) is 5.91 Å². The van der Waals surface area contributed by atoms with E-state index in [1.165, 1.54) is 0 Å². The zero-order valence-corrected chi connectivity index (χ0v) is 18.8. The van der Waals surface area contributed by atoms with E-state index in [1.807, 2.05) is 86.7 Å². The van der Waals surface area contributed by atoms with Crippen molar-refractivity contribution >= 4 is 27.4 Å². The van der Waals surface area contributed by atoms with Crippen LogP contribution in [-0.4, -0.2) is 22.8 Å². The predicted molar refractivity (Wildman–Crippen MR) is 124 cm³/mol. The van der Waals surface area contributed by atoms with Crippen LogP contribution in [0.5, 0.6) is 5.88 Å². The number of nitrogens with zero attached hydrogens (tertiary/aromatic N) is 2. The molecule has 1 aromatic heterocycles. The van der Waals surface area contributed by atoms with Crippen molar-refractivity contribution < 1.29 is 9.53 Å². The van der Waals surface area contributed by atoms with Gasteiger partial charge in [-0.2, -0.15) is 9.78 Å². The Balaban J connectivity index is 2.04. The first-order valence-electron chi connectivity index (χ1n) is 9.63. The van der Waals surface area contributed by atoms with Gasteiger partial charge in [0.15, 0.2) is 0 Å². The Morgan fingerprint density at radius 1 is 1.13 bits per heavy atom. The summed E-state index contributed by atoms with van der Waals surface area (Å²) < 4.78 is 8.31. The zero-order valence-electron chi connectivity index (χ0n) is 17.2. The largest absolute Gasteiger partial charge is 0.480 e. The maximum Gasteiger partial charge on any atom is 0.259 e. The number of hydrogen-bond donors (Lipinski definition) is 1. The molecule has 3 aromatic rings. The fourth-order valence-electron chi connectivity index (χ4n) is 3.11. The molecule has 3 rings (SSSR count). The molecule has 0 saturated carbocycles. The van der Waals surface area contributed by atoms with Crippen LogP contribution in [-0.2, 0) is 6.54 Å². The summed E-state index contributed by atoms with van der Waals surface area (Å²) in [6.07, 6.45) is 5.79. The Bertz CT molecular complexity index is 1070. The Labute approximate surface area is 185 Å². The molecule has 0 saturated heterocycles. The zero-order chi connectivity index (χ0) is 21.5. The maximum atomic E-state index is 13.2. The van der Waals surface area contributed by atoms with Crippen molar-refractivity contribution in [2.45, 2.75) is 20.4 Å². The summed E-state index contributed by atoms with van der Waals surface area (Å²) in [4.78, 5) is 13.2. The van der Waals surface area contributed by atoms with Gasteiger partial charge < -0.3 is 10.1 Å². The van der Waals surface area contributed by atoms with Crippen LogP contribution < -0.4 is 10.1 Å². The van der Waals surface area contributed by atoms with E-state index in [0.29, 0.717) is 23.7 Å². The second-order valence-electron chi connectivity index (χ2n) is 6.53. The number of methoxy groups -OCH3 is 1. The summed E-state index contributed by atoms with van der Waals surface area (Å²) in [7, 11) is 1.55. The van der Waals surface area contributed by atoms with Gasteiger partial charge in [-0.15, -0.1) is 0 Å². The number of halogens is 1. The number of aromatic nitrogens is 2. The van der Waals surface area contributed by atoms with Crippen molar-refractivity contribution in [3.8, 4) is 11.6 Å². The van der Waals surface area contributed by atoms with Gasteiger partial charge in [-0.25, -0.2) is 0 Å². The van der Waals surface area contributed by atoms with Crippen LogP contribution >= 0.6 is 15.9 Å². The molecule has 0 aliphatic rings. The number of ether oxygens (including phenoxy) is 1. The minimum Gasteiger partial charge on any atom is -0.480 e.